The van der Waals surface area contributed by atoms with Crippen LogP contribution in [0.15, 0.2) is 24.7 Å². The zero-order valence-corrected chi connectivity index (χ0v) is 6.64. The molecule has 0 bridgehead atoms. The quantitative estimate of drug-likeness (QED) is 0.668. The minimum atomic E-state index is -0.998. The van der Waals surface area contributed by atoms with Crippen LogP contribution in [0.2, 0.25) is 0 Å². The van der Waals surface area contributed by atoms with Gasteiger partial charge in [-0.05, 0) is 6.07 Å². The normalized spacial score (nSPS) is 10.5. The molecule has 5 heteroatoms. The van der Waals surface area contributed by atoms with Gasteiger partial charge in [0.1, 0.15) is 0 Å². The van der Waals surface area contributed by atoms with Crippen molar-refractivity contribution in [3.8, 4) is 0 Å². The molecule has 0 aromatic carbocycles. The van der Waals surface area contributed by atoms with E-state index in [1.165, 1.54) is 12.3 Å². The Morgan fingerprint density at radius 3 is 3.08 bits per heavy atom. The fraction of sp³-hybridized carbons (Fsp3) is 0. The van der Waals surface area contributed by atoms with Gasteiger partial charge in [-0.1, -0.05) is 0 Å². The molecule has 2 heterocycles. The van der Waals surface area contributed by atoms with Crippen LogP contribution in [0.1, 0.15) is 10.4 Å². The average Bonchev–Trinajstić information content (AvgIpc) is 2.51. The molecule has 66 valence electrons. The Morgan fingerprint density at radius 2 is 2.38 bits per heavy atom. The summed E-state index contributed by atoms with van der Waals surface area (Å²) < 4.78 is 1.58. The third-order valence-corrected chi connectivity index (χ3v) is 1.76. The molecule has 5 nitrogen and oxygen atoms in total. The van der Waals surface area contributed by atoms with Gasteiger partial charge in [0.15, 0.2) is 5.65 Å². The molecule has 0 aliphatic heterocycles. The Bertz CT molecular complexity index is 475. The summed E-state index contributed by atoms with van der Waals surface area (Å²) in [6.07, 6.45) is 4.69. The van der Waals surface area contributed by atoms with E-state index < -0.39 is 5.97 Å². The van der Waals surface area contributed by atoms with Crippen molar-refractivity contribution in [2.75, 3.05) is 5.73 Å². The van der Waals surface area contributed by atoms with Crippen LogP contribution in [0.4, 0.5) is 5.69 Å². The van der Waals surface area contributed by atoms with E-state index in [4.69, 9.17) is 10.8 Å². The summed E-state index contributed by atoms with van der Waals surface area (Å²) in [5.41, 5.74) is 6.69. The van der Waals surface area contributed by atoms with Crippen LogP contribution in [-0.2, 0) is 0 Å². The SMILES string of the molecule is Nc1cc(C(=O)O)cn2ccnc12. The Balaban J connectivity index is 2.77. The van der Waals surface area contributed by atoms with Crippen molar-refractivity contribution in [2.24, 2.45) is 0 Å². The number of aromatic nitrogens is 2. The molecule has 0 spiro atoms. The summed E-state index contributed by atoms with van der Waals surface area (Å²) in [4.78, 5) is 14.6. The second-order valence-electron chi connectivity index (χ2n) is 2.65. The number of hydrogen-bond acceptors (Lipinski definition) is 3. The third kappa shape index (κ3) is 1.10. The molecule has 0 aliphatic rings. The maximum atomic E-state index is 10.6. The van der Waals surface area contributed by atoms with E-state index >= 15 is 0 Å². The first kappa shape index (κ1) is 7.60. The standard InChI is InChI=1S/C8H7N3O2/c9-6-3-5(8(12)13)4-11-2-1-10-7(6)11/h1-4H,9H2,(H,12,13). The van der Waals surface area contributed by atoms with Crippen LogP contribution < -0.4 is 5.73 Å². The largest absolute Gasteiger partial charge is 0.478 e. The van der Waals surface area contributed by atoms with Gasteiger partial charge in [0.2, 0.25) is 0 Å². The van der Waals surface area contributed by atoms with Gasteiger partial charge >= 0.3 is 5.97 Å². The molecule has 2 rings (SSSR count). The van der Waals surface area contributed by atoms with Crippen molar-refractivity contribution in [3.63, 3.8) is 0 Å². The van der Waals surface area contributed by atoms with E-state index in [0.717, 1.165) is 0 Å². The highest BCUT2D eigenvalue weighted by Crippen LogP contribution is 2.13. The van der Waals surface area contributed by atoms with Gasteiger partial charge in [0.25, 0.3) is 0 Å². The minimum Gasteiger partial charge on any atom is -0.478 e. The second-order valence-corrected chi connectivity index (χ2v) is 2.65. The molecule has 0 saturated carbocycles. The maximum Gasteiger partial charge on any atom is 0.337 e. The third-order valence-electron chi connectivity index (χ3n) is 1.76. The van der Waals surface area contributed by atoms with Crippen LogP contribution in [0.5, 0.6) is 0 Å². The number of nitrogens with zero attached hydrogens (tertiary/aromatic N) is 2. The van der Waals surface area contributed by atoms with Gasteiger partial charge in [0.05, 0.1) is 11.3 Å². The number of aromatic carboxylic acids is 1. The zero-order chi connectivity index (χ0) is 9.42. The van der Waals surface area contributed by atoms with Crippen LogP contribution in [0.25, 0.3) is 5.65 Å². The number of anilines is 1. The lowest BCUT2D eigenvalue weighted by atomic mass is 10.2. The molecule has 0 unspecified atom stereocenters. The number of hydrogen-bond donors (Lipinski definition) is 2. The first-order valence-electron chi connectivity index (χ1n) is 3.64. The fourth-order valence-electron chi connectivity index (χ4n) is 1.18. The average molecular weight is 177 g/mol. The van der Waals surface area contributed by atoms with Crippen LogP contribution in [-0.4, -0.2) is 20.5 Å². The maximum absolute atomic E-state index is 10.6. The van der Waals surface area contributed by atoms with Crippen molar-refractivity contribution in [1.29, 1.82) is 0 Å². The number of pyridine rings is 1. The summed E-state index contributed by atoms with van der Waals surface area (Å²) >= 11 is 0. The molecule has 0 atom stereocenters. The lowest BCUT2D eigenvalue weighted by molar-refractivity contribution is 0.0696. The molecule has 0 fully saturated rings. The lowest BCUT2D eigenvalue weighted by Crippen LogP contribution is -2.01. The number of rotatable bonds is 1. The van der Waals surface area contributed by atoms with Gasteiger partial charge in [0, 0.05) is 18.6 Å². The van der Waals surface area contributed by atoms with E-state index in [1.807, 2.05) is 0 Å². The van der Waals surface area contributed by atoms with E-state index in [-0.39, 0.29) is 5.56 Å². The molecule has 2 aromatic rings. The molecule has 2 aromatic heterocycles. The van der Waals surface area contributed by atoms with Crippen molar-refractivity contribution < 1.29 is 9.90 Å². The summed E-state index contributed by atoms with van der Waals surface area (Å²) in [6.45, 7) is 0. The minimum absolute atomic E-state index is 0.156. The monoisotopic (exact) mass is 177 g/mol. The van der Waals surface area contributed by atoms with E-state index in [9.17, 15) is 4.79 Å². The first-order valence-corrected chi connectivity index (χ1v) is 3.64. The second kappa shape index (κ2) is 2.48. The Hall–Kier alpha value is -2.04. The predicted molar refractivity (Wildman–Crippen MR) is 46.6 cm³/mol. The number of fused-ring (bicyclic) bond motifs is 1. The van der Waals surface area contributed by atoms with E-state index in [1.54, 1.807) is 16.8 Å². The molecule has 3 N–H and O–H groups in total. The van der Waals surface area contributed by atoms with Crippen molar-refractivity contribution in [2.45, 2.75) is 0 Å². The number of imidazole rings is 1. The number of nitrogen functional groups attached to an aromatic ring is 1. The van der Waals surface area contributed by atoms with Crippen molar-refractivity contribution >= 4 is 17.3 Å². The van der Waals surface area contributed by atoms with Crippen LogP contribution in [0.3, 0.4) is 0 Å². The van der Waals surface area contributed by atoms with Gasteiger partial charge < -0.3 is 15.2 Å². The molecule has 0 amide bonds. The highest BCUT2D eigenvalue weighted by Gasteiger charge is 2.07. The molecule has 0 radical (unpaired) electrons. The van der Waals surface area contributed by atoms with Crippen LogP contribution >= 0.6 is 0 Å². The molecule has 0 saturated heterocycles. The summed E-state index contributed by atoms with van der Waals surface area (Å²) in [5, 5.41) is 8.72. The number of nitrogens with two attached hydrogens (primary N) is 1. The van der Waals surface area contributed by atoms with Gasteiger partial charge in [-0.15, -0.1) is 0 Å². The Morgan fingerprint density at radius 1 is 1.62 bits per heavy atom. The molecular weight excluding hydrogens is 170 g/mol. The molecule has 13 heavy (non-hydrogen) atoms. The number of carboxylic acids is 1. The number of carboxylic acid groups (broad SMARTS) is 1. The highest BCUT2D eigenvalue weighted by atomic mass is 16.4. The smallest absolute Gasteiger partial charge is 0.337 e. The summed E-state index contributed by atoms with van der Waals surface area (Å²) in [6, 6.07) is 1.39. The Labute approximate surface area is 73.4 Å². The summed E-state index contributed by atoms with van der Waals surface area (Å²) in [5.74, 6) is -0.998. The zero-order valence-electron chi connectivity index (χ0n) is 6.64. The van der Waals surface area contributed by atoms with Crippen molar-refractivity contribution in [1.82, 2.24) is 9.38 Å². The van der Waals surface area contributed by atoms with E-state index in [0.29, 0.717) is 11.3 Å². The Kier molecular flexibility index (Phi) is 1.45. The highest BCUT2D eigenvalue weighted by molar-refractivity contribution is 5.89. The number of carbonyl (C=O) groups is 1. The van der Waals surface area contributed by atoms with Crippen molar-refractivity contribution in [3.05, 3.63) is 30.2 Å². The fourth-order valence-corrected chi connectivity index (χ4v) is 1.18. The van der Waals surface area contributed by atoms with Crippen LogP contribution in [0, 0.1) is 0 Å². The molecular formula is C8H7N3O2. The van der Waals surface area contributed by atoms with Gasteiger partial charge in [-0.3, -0.25) is 0 Å². The topological polar surface area (TPSA) is 80.6 Å². The lowest BCUT2D eigenvalue weighted by Gasteiger charge is -2.00. The van der Waals surface area contributed by atoms with E-state index in [2.05, 4.69) is 4.98 Å². The van der Waals surface area contributed by atoms with Gasteiger partial charge in [-0.25, -0.2) is 9.78 Å². The van der Waals surface area contributed by atoms with Gasteiger partial charge in [-0.2, -0.15) is 0 Å². The predicted octanol–water partition coefficient (Wildman–Crippen LogP) is 0.615. The first-order chi connectivity index (χ1) is 6.18. The summed E-state index contributed by atoms with van der Waals surface area (Å²) in [7, 11) is 0. The molecule has 0 aliphatic carbocycles.